The predicted molar refractivity (Wildman–Crippen MR) is 238 cm³/mol. The molecule has 0 spiro atoms. The van der Waals surface area contributed by atoms with Crippen LogP contribution < -0.4 is 31.9 Å². The van der Waals surface area contributed by atoms with E-state index >= 15 is 0 Å². The zero-order valence-electron chi connectivity index (χ0n) is 34.4. The maximum Gasteiger partial charge on any atom is 0.305 e. The highest BCUT2D eigenvalue weighted by atomic mass is 32.2. The van der Waals surface area contributed by atoms with Gasteiger partial charge in [-0.1, -0.05) is 109 Å². The highest BCUT2D eigenvalue weighted by Gasteiger charge is 2.32. The maximum atomic E-state index is 14.4. The van der Waals surface area contributed by atoms with E-state index in [1.165, 1.54) is 18.7 Å². The summed E-state index contributed by atoms with van der Waals surface area (Å²) in [7, 11) is 0. The molecule has 0 radical (unpaired) electrons. The first-order chi connectivity index (χ1) is 29.9. The van der Waals surface area contributed by atoms with Gasteiger partial charge in [0.1, 0.15) is 24.2 Å². The number of thioether (sulfide) groups is 1. The second-order valence-corrected chi connectivity index (χ2v) is 16.1. The average molecular weight is 861 g/mol. The summed E-state index contributed by atoms with van der Waals surface area (Å²) in [5, 5.41) is 27.2. The van der Waals surface area contributed by atoms with Gasteiger partial charge in [-0.2, -0.15) is 0 Å². The van der Waals surface area contributed by atoms with E-state index in [1.807, 2.05) is 78.2 Å². The third kappa shape index (κ3) is 15.4. The lowest BCUT2D eigenvalue weighted by atomic mass is 9.99. The number of benzene rings is 4. The van der Waals surface area contributed by atoms with Crippen molar-refractivity contribution in [1.82, 2.24) is 26.6 Å². The summed E-state index contributed by atoms with van der Waals surface area (Å²) in [5.41, 5.74) is 3.96. The van der Waals surface area contributed by atoms with Gasteiger partial charge in [0.2, 0.25) is 35.4 Å². The molecule has 0 bridgehead atoms. The molecule has 15 heteroatoms. The number of carbonyl (C=O) groups is 7. The van der Waals surface area contributed by atoms with Gasteiger partial charge >= 0.3 is 5.97 Å². The van der Waals surface area contributed by atoms with Crippen molar-refractivity contribution in [2.75, 3.05) is 11.9 Å². The SMILES string of the molecule is C[C@H](NC(=O)[C@@H](Cc1ccccc1)NC(=O)[C@H](Cc1ccc(-c2ccccc2)cc1)NC(=O)[C@@H](CC1CC=CS1)NC(=O)CCC(=O)Nc1ccccc1)C(=O)NCCC(=O)O. The van der Waals surface area contributed by atoms with Crippen molar-refractivity contribution >= 4 is 58.9 Å². The standard InChI is InChI=1S/C47H52N6O8S/c1-31(44(58)48-26-25-43(56)57)49-45(59)38(28-32-12-5-2-6-13-32)52-46(60)39(29-33-19-21-35(22-20-33)34-14-7-3-8-15-34)53-47(61)40(30-37-18-11-27-62-37)51-42(55)24-23-41(54)50-36-16-9-4-10-17-36/h2-17,19-22,27,31,37-40H,18,23-26,28-30H2,1H3,(H,48,58)(H,49,59)(H,50,54)(H,51,55)(H,52,60)(H,53,61)(H,56,57)/t31-,37?,38+,39-,40+/m0/s1. The van der Waals surface area contributed by atoms with Crippen molar-refractivity contribution < 1.29 is 38.7 Å². The molecule has 1 aliphatic rings. The minimum atomic E-state index is -1.22. The van der Waals surface area contributed by atoms with E-state index in [2.05, 4.69) is 31.9 Å². The van der Waals surface area contributed by atoms with Gasteiger partial charge in [-0.25, -0.2) is 0 Å². The van der Waals surface area contributed by atoms with Crippen molar-refractivity contribution in [3.8, 4) is 11.1 Å². The van der Waals surface area contributed by atoms with Crippen LogP contribution in [0.3, 0.4) is 0 Å². The molecule has 1 heterocycles. The number of rotatable bonds is 22. The van der Waals surface area contributed by atoms with E-state index < -0.39 is 59.7 Å². The molecule has 4 aromatic carbocycles. The van der Waals surface area contributed by atoms with Crippen LogP contribution in [0.25, 0.3) is 11.1 Å². The lowest BCUT2D eigenvalue weighted by molar-refractivity contribution is -0.137. The Morgan fingerprint density at radius 1 is 0.597 bits per heavy atom. The largest absolute Gasteiger partial charge is 0.481 e. The fourth-order valence-electron chi connectivity index (χ4n) is 6.65. The zero-order valence-corrected chi connectivity index (χ0v) is 35.2. The molecule has 324 valence electrons. The molecule has 4 aromatic rings. The molecular formula is C47H52N6O8S. The van der Waals surface area contributed by atoms with Gasteiger partial charge in [0.05, 0.1) is 6.42 Å². The van der Waals surface area contributed by atoms with Crippen LogP contribution in [0.5, 0.6) is 0 Å². The van der Waals surface area contributed by atoms with Crippen molar-refractivity contribution in [3.63, 3.8) is 0 Å². The number of hydrogen-bond donors (Lipinski definition) is 7. The number of carboxylic acids is 1. The highest BCUT2D eigenvalue weighted by Crippen LogP contribution is 2.28. The number of amides is 6. The van der Waals surface area contributed by atoms with Crippen molar-refractivity contribution in [1.29, 1.82) is 0 Å². The number of nitrogens with one attached hydrogen (secondary N) is 6. The third-order valence-electron chi connectivity index (χ3n) is 9.99. The first kappa shape index (κ1) is 46.3. The Bertz CT molecular complexity index is 2160. The van der Waals surface area contributed by atoms with Crippen LogP contribution in [0, 0.1) is 0 Å². The van der Waals surface area contributed by atoms with Crippen LogP contribution in [0.2, 0.25) is 0 Å². The Balaban J connectivity index is 1.35. The number of anilines is 1. The number of hydrogen-bond acceptors (Lipinski definition) is 8. The van der Waals surface area contributed by atoms with Crippen LogP contribution in [0.15, 0.2) is 127 Å². The summed E-state index contributed by atoms with van der Waals surface area (Å²) in [4.78, 5) is 92.1. The monoisotopic (exact) mass is 860 g/mol. The number of carbonyl (C=O) groups excluding carboxylic acids is 6. The molecule has 6 amide bonds. The summed E-state index contributed by atoms with van der Waals surface area (Å²) in [6.07, 6.45) is 2.37. The van der Waals surface area contributed by atoms with Crippen LogP contribution in [0.1, 0.15) is 50.2 Å². The minimum Gasteiger partial charge on any atom is -0.481 e. The summed E-state index contributed by atoms with van der Waals surface area (Å²) >= 11 is 1.53. The Hall–Kier alpha value is -6.74. The molecule has 7 N–H and O–H groups in total. The molecule has 0 saturated carbocycles. The van der Waals surface area contributed by atoms with Gasteiger partial charge in [0.25, 0.3) is 0 Å². The summed E-state index contributed by atoms with van der Waals surface area (Å²) in [5.74, 6) is -4.53. The molecule has 0 aromatic heterocycles. The number of aliphatic carboxylic acids is 1. The molecule has 0 aliphatic carbocycles. The summed E-state index contributed by atoms with van der Waals surface area (Å²) in [6.45, 7) is 1.31. The van der Waals surface area contributed by atoms with E-state index in [0.29, 0.717) is 23.2 Å². The van der Waals surface area contributed by atoms with Crippen molar-refractivity contribution in [2.24, 2.45) is 0 Å². The first-order valence-electron chi connectivity index (χ1n) is 20.5. The zero-order chi connectivity index (χ0) is 44.3. The third-order valence-corrected chi connectivity index (χ3v) is 11.1. The minimum absolute atomic E-state index is 0.0208. The predicted octanol–water partition coefficient (Wildman–Crippen LogP) is 4.52. The second kappa shape index (κ2) is 23.9. The molecular weight excluding hydrogens is 809 g/mol. The Kier molecular flexibility index (Phi) is 17.9. The van der Waals surface area contributed by atoms with Crippen LogP contribution >= 0.6 is 11.8 Å². The van der Waals surface area contributed by atoms with E-state index in [1.54, 1.807) is 48.5 Å². The first-order valence-corrected chi connectivity index (χ1v) is 21.4. The molecule has 5 rings (SSSR count). The van der Waals surface area contributed by atoms with Crippen LogP contribution in [-0.4, -0.2) is 82.5 Å². The molecule has 62 heavy (non-hydrogen) atoms. The normalized spacial score (nSPS) is 14.9. The Labute approximate surface area is 365 Å². The summed E-state index contributed by atoms with van der Waals surface area (Å²) < 4.78 is 0. The average Bonchev–Trinajstić information content (AvgIpc) is 3.79. The van der Waals surface area contributed by atoms with Crippen LogP contribution in [0.4, 0.5) is 5.69 Å². The molecule has 1 unspecified atom stereocenters. The highest BCUT2D eigenvalue weighted by molar-refractivity contribution is 8.03. The smallest absolute Gasteiger partial charge is 0.305 e. The molecule has 1 aliphatic heterocycles. The van der Waals surface area contributed by atoms with Gasteiger partial charge < -0.3 is 37.0 Å². The van der Waals surface area contributed by atoms with Gasteiger partial charge in [-0.3, -0.25) is 33.6 Å². The van der Waals surface area contributed by atoms with E-state index in [-0.39, 0.29) is 56.2 Å². The Morgan fingerprint density at radius 3 is 1.73 bits per heavy atom. The fraction of sp³-hybridized carbons (Fsp3) is 0.298. The van der Waals surface area contributed by atoms with Gasteiger partial charge in [0.15, 0.2) is 0 Å². The second-order valence-electron chi connectivity index (χ2n) is 14.9. The molecule has 14 nitrogen and oxygen atoms in total. The molecule has 5 atom stereocenters. The Morgan fingerprint density at radius 2 is 1.13 bits per heavy atom. The van der Waals surface area contributed by atoms with E-state index in [4.69, 9.17) is 5.11 Å². The van der Waals surface area contributed by atoms with Gasteiger partial charge in [-0.05, 0) is 59.6 Å². The summed E-state index contributed by atoms with van der Waals surface area (Å²) in [6, 6.07) is 30.5. The van der Waals surface area contributed by atoms with Crippen LogP contribution in [-0.2, 0) is 46.4 Å². The lowest BCUT2D eigenvalue weighted by Gasteiger charge is -2.27. The maximum absolute atomic E-state index is 14.4. The lowest BCUT2D eigenvalue weighted by Crippen LogP contribution is -2.59. The van der Waals surface area contributed by atoms with E-state index in [9.17, 15) is 33.6 Å². The van der Waals surface area contributed by atoms with Crippen molar-refractivity contribution in [3.05, 3.63) is 138 Å². The molecule has 0 fully saturated rings. The number of allylic oxidation sites excluding steroid dienone is 1. The number of para-hydroxylation sites is 1. The fourth-order valence-corrected chi connectivity index (χ4v) is 7.62. The topological polar surface area (TPSA) is 212 Å². The van der Waals surface area contributed by atoms with Gasteiger partial charge in [0, 0.05) is 43.2 Å². The van der Waals surface area contributed by atoms with Gasteiger partial charge in [-0.15, -0.1) is 11.8 Å². The van der Waals surface area contributed by atoms with Crippen molar-refractivity contribution in [2.45, 2.75) is 81.3 Å². The number of carboxylic acid groups (broad SMARTS) is 1. The molecule has 0 saturated heterocycles. The van der Waals surface area contributed by atoms with E-state index in [0.717, 1.165) is 11.1 Å². The quantitative estimate of drug-likeness (QED) is 0.0592.